The summed E-state index contributed by atoms with van der Waals surface area (Å²) in [6.07, 6.45) is 1.70. The smallest absolute Gasteiger partial charge is 0.355 e. The second kappa shape index (κ2) is 8.86. The third kappa shape index (κ3) is 4.98. The molecule has 0 aromatic carbocycles. The van der Waals surface area contributed by atoms with E-state index in [1.165, 1.54) is 11.0 Å². The molecule has 0 aliphatic carbocycles. The van der Waals surface area contributed by atoms with Gasteiger partial charge in [0.25, 0.3) is 15.7 Å². The minimum atomic E-state index is -5.75. The molecule has 1 aromatic heterocycles. The van der Waals surface area contributed by atoms with Crippen LogP contribution in [0, 0.1) is 0 Å². The Balaban J connectivity index is 2.08. The molecule has 1 aromatic rings. The minimum Gasteiger partial charge on any atom is -0.355 e. The van der Waals surface area contributed by atoms with E-state index < -0.39 is 31.8 Å². The number of aromatic nitrogens is 1. The number of hydrogen-bond acceptors (Lipinski definition) is 6. The zero-order chi connectivity index (χ0) is 20.9. The van der Waals surface area contributed by atoms with Gasteiger partial charge in [-0.05, 0) is 18.6 Å². The van der Waals surface area contributed by atoms with Crippen molar-refractivity contribution in [3.05, 3.63) is 23.9 Å². The van der Waals surface area contributed by atoms with Crippen molar-refractivity contribution in [1.29, 1.82) is 0 Å². The van der Waals surface area contributed by atoms with Crippen LogP contribution < -0.4 is 5.32 Å². The molecule has 0 atom stereocenters. The molecule has 0 spiro atoms. The van der Waals surface area contributed by atoms with Crippen LogP contribution in [0.15, 0.2) is 23.4 Å². The summed E-state index contributed by atoms with van der Waals surface area (Å²) in [7, 11) is -5.75. The molecule has 28 heavy (non-hydrogen) atoms. The van der Waals surface area contributed by atoms with Crippen LogP contribution in [0.4, 0.5) is 13.2 Å². The summed E-state index contributed by atoms with van der Waals surface area (Å²) in [5, 5.41) is 1.44. The molecule has 8 nitrogen and oxygen atoms in total. The van der Waals surface area contributed by atoms with Crippen molar-refractivity contribution in [1.82, 2.24) is 20.1 Å². The Kier molecular flexibility index (Phi) is 6.99. The first-order valence-electron chi connectivity index (χ1n) is 8.62. The molecule has 2 amide bonds. The lowest BCUT2D eigenvalue weighted by Crippen LogP contribution is -2.51. The molecule has 156 valence electrons. The number of hydrogen-bond donors (Lipinski definition) is 1. The van der Waals surface area contributed by atoms with Crippen molar-refractivity contribution in [2.75, 3.05) is 39.3 Å². The number of nitrogens with one attached hydrogen (secondary N) is 1. The molecule has 1 aliphatic heterocycles. The molecular formula is C16H21F3N4O4S. The predicted octanol–water partition coefficient (Wildman–Crippen LogP) is 0.659. The summed E-state index contributed by atoms with van der Waals surface area (Å²) in [5.74, 6) is -0.988. The molecular weight excluding hydrogens is 401 g/mol. The lowest BCUT2D eigenvalue weighted by molar-refractivity contribution is -0.122. The maximum atomic E-state index is 12.9. The summed E-state index contributed by atoms with van der Waals surface area (Å²) >= 11 is 0. The highest BCUT2D eigenvalue weighted by Crippen LogP contribution is 2.31. The van der Waals surface area contributed by atoms with Gasteiger partial charge in [-0.3, -0.25) is 14.5 Å². The van der Waals surface area contributed by atoms with Crippen LogP contribution >= 0.6 is 0 Å². The monoisotopic (exact) mass is 422 g/mol. The van der Waals surface area contributed by atoms with Gasteiger partial charge in [0.15, 0.2) is 5.03 Å². The summed E-state index contributed by atoms with van der Waals surface area (Å²) in [6.45, 7) is 3.63. The number of rotatable bonds is 6. The van der Waals surface area contributed by atoms with E-state index in [9.17, 15) is 31.2 Å². The summed E-state index contributed by atoms with van der Waals surface area (Å²) in [5.41, 5.74) is -6.17. The molecule has 0 unspecified atom stereocenters. The maximum absolute atomic E-state index is 12.9. The highest BCUT2D eigenvalue weighted by Gasteiger charge is 2.49. The van der Waals surface area contributed by atoms with E-state index in [4.69, 9.17) is 0 Å². The third-order valence-corrected chi connectivity index (χ3v) is 5.60. The number of halogens is 3. The van der Waals surface area contributed by atoms with E-state index in [0.29, 0.717) is 19.6 Å². The normalized spacial score (nSPS) is 16.1. The van der Waals surface area contributed by atoms with E-state index in [-0.39, 0.29) is 25.5 Å². The highest BCUT2D eigenvalue weighted by atomic mass is 32.2. The number of carbonyl (C=O) groups is 2. The minimum absolute atomic E-state index is 0.146. The molecule has 0 saturated carbocycles. The number of nitrogens with zero attached hydrogens (tertiary/aromatic N) is 3. The first kappa shape index (κ1) is 22.1. The Labute approximate surface area is 160 Å². The van der Waals surface area contributed by atoms with Gasteiger partial charge in [0.2, 0.25) is 5.91 Å². The Morgan fingerprint density at radius 2 is 1.86 bits per heavy atom. The molecule has 1 aliphatic rings. The van der Waals surface area contributed by atoms with Gasteiger partial charge in [-0.15, -0.1) is 0 Å². The lowest BCUT2D eigenvalue weighted by Gasteiger charge is -2.34. The van der Waals surface area contributed by atoms with Crippen LogP contribution in [-0.2, 0) is 14.6 Å². The number of amides is 2. The van der Waals surface area contributed by atoms with E-state index in [2.05, 4.69) is 10.3 Å². The van der Waals surface area contributed by atoms with Gasteiger partial charge >= 0.3 is 5.51 Å². The molecule has 0 radical (unpaired) electrons. The molecule has 2 heterocycles. The molecule has 12 heteroatoms. The van der Waals surface area contributed by atoms with Crippen molar-refractivity contribution in [2.24, 2.45) is 0 Å². The zero-order valence-corrected chi connectivity index (χ0v) is 16.0. The van der Waals surface area contributed by atoms with Crippen molar-refractivity contribution >= 4 is 21.7 Å². The van der Waals surface area contributed by atoms with Crippen molar-refractivity contribution < 1.29 is 31.2 Å². The maximum Gasteiger partial charge on any atom is 0.503 e. The number of sulfone groups is 1. The fraction of sp³-hybridized carbons (Fsp3) is 0.562. The van der Waals surface area contributed by atoms with Gasteiger partial charge in [0.1, 0.15) is 0 Å². The molecule has 1 saturated heterocycles. The summed E-state index contributed by atoms with van der Waals surface area (Å²) in [6, 6.07) is 2.22. The van der Waals surface area contributed by atoms with E-state index in [1.807, 2.05) is 11.8 Å². The van der Waals surface area contributed by atoms with E-state index >= 15 is 0 Å². The fourth-order valence-electron chi connectivity index (χ4n) is 2.68. The van der Waals surface area contributed by atoms with Gasteiger partial charge in [-0.1, -0.05) is 6.92 Å². The van der Waals surface area contributed by atoms with Crippen LogP contribution in [-0.4, -0.2) is 79.8 Å². The molecule has 1 N–H and O–H groups in total. The lowest BCUT2D eigenvalue weighted by atomic mass is 10.2. The zero-order valence-electron chi connectivity index (χ0n) is 15.2. The third-order valence-electron chi connectivity index (χ3n) is 4.16. The molecule has 0 bridgehead atoms. The van der Waals surface area contributed by atoms with Crippen LogP contribution in [0.2, 0.25) is 0 Å². The highest BCUT2D eigenvalue weighted by molar-refractivity contribution is 7.92. The largest absolute Gasteiger partial charge is 0.503 e. The predicted molar refractivity (Wildman–Crippen MR) is 93.1 cm³/mol. The topological polar surface area (TPSA) is 99.7 Å². The van der Waals surface area contributed by atoms with Gasteiger partial charge in [-0.2, -0.15) is 13.2 Å². The Bertz CT molecular complexity index is 821. The molecule has 2 rings (SSSR count). The second-order valence-corrected chi connectivity index (χ2v) is 8.08. The van der Waals surface area contributed by atoms with E-state index in [1.54, 1.807) is 0 Å². The average Bonchev–Trinajstić information content (AvgIpc) is 2.65. The average molecular weight is 422 g/mol. The molecule has 1 fully saturated rings. The Hall–Kier alpha value is -2.21. The SMILES string of the molecule is CCCNC(=O)CN1CCN(C(=O)c2cccnc2S(=O)(=O)C(F)(F)F)CC1. The Morgan fingerprint density at radius 1 is 1.21 bits per heavy atom. The van der Waals surface area contributed by atoms with E-state index in [0.717, 1.165) is 18.7 Å². The van der Waals surface area contributed by atoms with Crippen LogP contribution in [0.25, 0.3) is 0 Å². The first-order valence-corrected chi connectivity index (χ1v) is 10.1. The van der Waals surface area contributed by atoms with Gasteiger partial charge in [0, 0.05) is 38.9 Å². The quantitative estimate of drug-likeness (QED) is 0.723. The van der Waals surface area contributed by atoms with Crippen molar-refractivity contribution in [3.8, 4) is 0 Å². The number of piperazine rings is 1. The van der Waals surface area contributed by atoms with Gasteiger partial charge in [0.05, 0.1) is 12.1 Å². The number of pyridine rings is 1. The Morgan fingerprint density at radius 3 is 2.43 bits per heavy atom. The summed E-state index contributed by atoms with van der Waals surface area (Å²) < 4.78 is 62.0. The number of alkyl halides is 3. The van der Waals surface area contributed by atoms with Crippen LogP contribution in [0.1, 0.15) is 23.7 Å². The van der Waals surface area contributed by atoms with Gasteiger partial charge < -0.3 is 10.2 Å². The van der Waals surface area contributed by atoms with Crippen molar-refractivity contribution in [2.45, 2.75) is 23.9 Å². The number of carbonyl (C=O) groups excluding carboxylic acids is 2. The summed E-state index contributed by atoms with van der Waals surface area (Å²) in [4.78, 5) is 30.7. The fourth-order valence-corrected chi connectivity index (χ4v) is 3.54. The first-order chi connectivity index (χ1) is 13.1. The van der Waals surface area contributed by atoms with Crippen LogP contribution in [0.3, 0.4) is 0 Å². The van der Waals surface area contributed by atoms with Crippen LogP contribution in [0.5, 0.6) is 0 Å². The van der Waals surface area contributed by atoms with Gasteiger partial charge in [-0.25, -0.2) is 13.4 Å². The standard InChI is InChI=1S/C16H21F3N4O4S/c1-2-5-20-13(24)11-22-7-9-23(10-8-22)15(25)12-4-3-6-21-14(12)28(26,27)16(17,18)19/h3-4,6H,2,5,7-11H2,1H3,(H,20,24). The van der Waals surface area contributed by atoms with Crippen molar-refractivity contribution in [3.63, 3.8) is 0 Å². The second-order valence-electron chi connectivity index (χ2n) is 6.22.